The highest BCUT2D eigenvalue weighted by molar-refractivity contribution is 7.80. The van der Waals surface area contributed by atoms with Crippen molar-refractivity contribution in [2.24, 2.45) is 0 Å². The molecule has 1 saturated heterocycles. The van der Waals surface area contributed by atoms with E-state index in [9.17, 15) is 5.11 Å². The van der Waals surface area contributed by atoms with Gasteiger partial charge in [-0.25, -0.2) is 0 Å². The lowest BCUT2D eigenvalue weighted by molar-refractivity contribution is 0.475. The van der Waals surface area contributed by atoms with E-state index in [2.05, 4.69) is 50.4 Å². The Morgan fingerprint density at radius 3 is 2.37 bits per heavy atom. The number of phenols is 1. The van der Waals surface area contributed by atoms with Gasteiger partial charge in [0.15, 0.2) is 5.11 Å². The Hall–Kier alpha value is -3.64. The van der Waals surface area contributed by atoms with Crippen molar-refractivity contribution in [3.05, 3.63) is 109 Å². The van der Waals surface area contributed by atoms with Crippen molar-refractivity contribution in [1.82, 2.24) is 14.9 Å². The highest BCUT2D eigenvalue weighted by Crippen LogP contribution is 2.42. The molecule has 30 heavy (non-hydrogen) atoms. The molecule has 0 amide bonds. The number of nitrogens with zero attached hydrogens (tertiary/aromatic N) is 3. The number of aromatic hydroxyl groups is 1. The van der Waals surface area contributed by atoms with E-state index in [-0.39, 0.29) is 17.8 Å². The largest absolute Gasteiger partial charge is 0.508 e. The van der Waals surface area contributed by atoms with Gasteiger partial charge in [0.1, 0.15) is 5.75 Å². The van der Waals surface area contributed by atoms with Crippen molar-refractivity contribution in [2.75, 3.05) is 4.90 Å². The van der Waals surface area contributed by atoms with Crippen LogP contribution in [-0.4, -0.2) is 19.8 Å². The molecule has 1 aliphatic rings. The van der Waals surface area contributed by atoms with Crippen LogP contribution in [0.5, 0.6) is 5.75 Å². The number of aromatic nitrogens is 2. The number of pyridine rings is 1. The maximum Gasteiger partial charge on any atom is 0.174 e. The number of hydrogen-bond acceptors (Lipinski definition) is 3. The molecule has 1 aliphatic heterocycles. The van der Waals surface area contributed by atoms with Crippen molar-refractivity contribution in [3.63, 3.8) is 0 Å². The van der Waals surface area contributed by atoms with Crippen molar-refractivity contribution < 1.29 is 5.11 Å². The lowest BCUT2D eigenvalue weighted by Gasteiger charge is -2.27. The van der Waals surface area contributed by atoms with Crippen LogP contribution in [0.15, 0.2) is 97.5 Å². The van der Waals surface area contributed by atoms with E-state index in [1.165, 1.54) is 0 Å². The third kappa shape index (κ3) is 3.31. The van der Waals surface area contributed by atoms with Crippen LogP contribution in [0.3, 0.4) is 0 Å². The van der Waals surface area contributed by atoms with Gasteiger partial charge in [-0.15, -0.1) is 0 Å². The molecule has 0 unspecified atom stereocenters. The Labute approximate surface area is 180 Å². The first-order chi connectivity index (χ1) is 14.7. The number of thiocarbonyl (C=S) groups is 1. The molecule has 1 fully saturated rings. The van der Waals surface area contributed by atoms with Crippen molar-refractivity contribution in [1.29, 1.82) is 0 Å². The Balaban J connectivity index is 1.60. The number of benzene rings is 2. The van der Waals surface area contributed by atoms with Gasteiger partial charge in [-0.3, -0.25) is 4.98 Å². The minimum Gasteiger partial charge on any atom is -0.508 e. The summed E-state index contributed by atoms with van der Waals surface area (Å²) in [5.41, 5.74) is 4.07. The third-order valence-electron chi connectivity index (χ3n) is 5.34. The maximum atomic E-state index is 9.73. The van der Waals surface area contributed by atoms with Gasteiger partial charge in [-0.2, -0.15) is 0 Å². The number of para-hydroxylation sites is 1. The predicted molar refractivity (Wildman–Crippen MR) is 122 cm³/mol. The molecule has 6 heteroatoms. The Bertz CT molecular complexity index is 1160. The number of hydrogen-bond donors (Lipinski definition) is 2. The summed E-state index contributed by atoms with van der Waals surface area (Å²) in [4.78, 5) is 6.68. The highest BCUT2D eigenvalue weighted by atomic mass is 32.1. The van der Waals surface area contributed by atoms with Crippen molar-refractivity contribution >= 4 is 23.0 Å². The van der Waals surface area contributed by atoms with E-state index in [4.69, 9.17) is 12.2 Å². The summed E-state index contributed by atoms with van der Waals surface area (Å²) in [6, 6.07) is 25.2. The summed E-state index contributed by atoms with van der Waals surface area (Å²) < 4.78 is 2.11. The molecular weight excluding hydrogens is 392 g/mol. The SMILES string of the molecule is Oc1ccc(N2C(=S)N[C@H](c3ccccn3)[C@@H]2c2ccn(-c3ccccc3)c2)cc1. The van der Waals surface area contributed by atoms with E-state index in [1.54, 1.807) is 18.3 Å². The Morgan fingerprint density at radius 2 is 1.63 bits per heavy atom. The second-order valence-corrected chi connectivity index (χ2v) is 7.59. The third-order valence-corrected chi connectivity index (χ3v) is 5.65. The Kier molecular flexibility index (Phi) is 4.69. The molecule has 0 aliphatic carbocycles. The van der Waals surface area contributed by atoms with Gasteiger partial charge in [-0.05, 0) is 72.4 Å². The Morgan fingerprint density at radius 1 is 0.867 bits per heavy atom. The molecular formula is C24H20N4OS. The summed E-state index contributed by atoms with van der Waals surface area (Å²) in [6.45, 7) is 0. The normalized spacial score (nSPS) is 18.4. The van der Waals surface area contributed by atoms with Crippen LogP contribution in [-0.2, 0) is 0 Å². The van der Waals surface area contributed by atoms with Crippen molar-refractivity contribution in [3.8, 4) is 11.4 Å². The van der Waals surface area contributed by atoms with Crippen LogP contribution >= 0.6 is 12.2 Å². The van der Waals surface area contributed by atoms with Gasteiger partial charge >= 0.3 is 0 Å². The number of nitrogens with one attached hydrogen (secondary N) is 1. The minimum atomic E-state index is -0.0980. The molecule has 148 valence electrons. The standard InChI is InChI=1S/C24H20N4OS/c29-20-11-9-19(10-12-20)28-23(22(26-24(28)30)21-8-4-5-14-25-21)17-13-15-27(16-17)18-6-2-1-3-7-18/h1-16,22-23,29H,(H,26,30)/t22-,23+/m1/s1. The average molecular weight is 413 g/mol. The van der Waals surface area contributed by atoms with Gasteiger partial charge in [0.25, 0.3) is 0 Å². The molecule has 0 saturated carbocycles. The average Bonchev–Trinajstić information content (AvgIpc) is 3.40. The van der Waals surface area contributed by atoms with Gasteiger partial charge in [-0.1, -0.05) is 24.3 Å². The molecule has 4 aromatic rings. The monoisotopic (exact) mass is 412 g/mol. The van der Waals surface area contributed by atoms with E-state index < -0.39 is 0 Å². The second-order valence-electron chi connectivity index (χ2n) is 7.20. The minimum absolute atomic E-state index is 0.0816. The van der Waals surface area contributed by atoms with Gasteiger partial charge < -0.3 is 19.9 Å². The molecule has 0 radical (unpaired) electrons. The zero-order valence-corrected chi connectivity index (χ0v) is 16.9. The molecule has 5 nitrogen and oxygen atoms in total. The summed E-state index contributed by atoms with van der Waals surface area (Å²) in [5.74, 6) is 0.227. The number of phenolic OH excluding ortho intramolecular Hbond substituents is 1. The molecule has 0 spiro atoms. The molecule has 2 N–H and O–H groups in total. The smallest absolute Gasteiger partial charge is 0.174 e. The van der Waals surface area contributed by atoms with Crippen LogP contribution in [0.2, 0.25) is 0 Å². The zero-order valence-electron chi connectivity index (χ0n) is 16.1. The van der Waals surface area contributed by atoms with E-state index in [0.29, 0.717) is 5.11 Å². The fourth-order valence-corrected chi connectivity index (χ4v) is 4.28. The lowest BCUT2D eigenvalue weighted by Crippen LogP contribution is -2.29. The number of anilines is 1. The molecule has 3 heterocycles. The summed E-state index contributed by atoms with van der Waals surface area (Å²) in [7, 11) is 0. The molecule has 2 aromatic carbocycles. The maximum absolute atomic E-state index is 9.73. The van der Waals surface area contributed by atoms with E-state index >= 15 is 0 Å². The zero-order chi connectivity index (χ0) is 20.5. The molecule has 2 atom stereocenters. The first-order valence-electron chi connectivity index (χ1n) is 9.74. The molecule has 0 bridgehead atoms. The summed E-state index contributed by atoms with van der Waals surface area (Å²) in [5, 5.41) is 13.8. The van der Waals surface area contributed by atoms with Crippen LogP contribution in [0, 0.1) is 0 Å². The first-order valence-corrected chi connectivity index (χ1v) is 10.1. The number of rotatable bonds is 4. The second kappa shape index (κ2) is 7.65. The summed E-state index contributed by atoms with van der Waals surface area (Å²) >= 11 is 5.73. The van der Waals surface area contributed by atoms with Crippen molar-refractivity contribution in [2.45, 2.75) is 12.1 Å². The quantitative estimate of drug-likeness (QED) is 0.474. The molecule has 5 rings (SSSR count). The lowest BCUT2D eigenvalue weighted by atomic mass is 9.98. The van der Waals surface area contributed by atoms with Gasteiger partial charge in [0.2, 0.25) is 0 Å². The van der Waals surface area contributed by atoms with Crippen LogP contribution < -0.4 is 10.2 Å². The fraction of sp³-hybridized carbons (Fsp3) is 0.0833. The first kappa shape index (κ1) is 18.4. The predicted octanol–water partition coefficient (Wildman–Crippen LogP) is 4.76. The van der Waals surface area contributed by atoms with E-state index in [1.807, 2.05) is 48.5 Å². The fourth-order valence-electron chi connectivity index (χ4n) is 3.93. The van der Waals surface area contributed by atoms with Crippen LogP contribution in [0.1, 0.15) is 23.3 Å². The van der Waals surface area contributed by atoms with Crippen LogP contribution in [0.4, 0.5) is 5.69 Å². The highest BCUT2D eigenvalue weighted by Gasteiger charge is 2.41. The molecule has 2 aromatic heterocycles. The van der Waals surface area contributed by atoms with E-state index in [0.717, 1.165) is 22.6 Å². The van der Waals surface area contributed by atoms with Gasteiger partial charge in [0, 0.05) is 30.0 Å². The summed E-state index contributed by atoms with van der Waals surface area (Å²) in [6.07, 6.45) is 6.00. The van der Waals surface area contributed by atoms with Gasteiger partial charge in [0.05, 0.1) is 17.8 Å². The topological polar surface area (TPSA) is 53.3 Å². The van der Waals surface area contributed by atoms with Crippen LogP contribution in [0.25, 0.3) is 5.69 Å².